The fourth-order valence-electron chi connectivity index (χ4n) is 3.80. The molecule has 2 aliphatic rings. The number of nitrogens with one attached hydrogen (secondary N) is 1. The Bertz CT molecular complexity index is 1060. The zero-order valence-corrected chi connectivity index (χ0v) is 14.1. The Kier molecular flexibility index (Phi) is 3.45. The van der Waals surface area contributed by atoms with E-state index in [1.807, 2.05) is 36.4 Å². The molecule has 0 aromatic carbocycles. The maximum Gasteiger partial charge on any atom is 0.177 e. The van der Waals surface area contributed by atoms with Crippen LogP contribution in [-0.2, 0) is 4.79 Å². The van der Waals surface area contributed by atoms with Crippen LogP contribution in [0.4, 0.5) is 5.69 Å². The van der Waals surface area contributed by atoms with Crippen LogP contribution < -0.4 is 5.32 Å². The molecule has 1 fully saturated rings. The molecule has 5 nitrogen and oxygen atoms in total. The van der Waals surface area contributed by atoms with Gasteiger partial charge in [0.25, 0.3) is 0 Å². The van der Waals surface area contributed by atoms with E-state index in [1.165, 1.54) is 0 Å². The maximum absolute atomic E-state index is 11.9. The van der Waals surface area contributed by atoms with Crippen LogP contribution in [0.2, 0.25) is 0 Å². The Morgan fingerprint density at radius 2 is 2.12 bits per heavy atom. The third-order valence-corrected chi connectivity index (χ3v) is 5.09. The van der Waals surface area contributed by atoms with Gasteiger partial charge in [-0.25, -0.2) is 0 Å². The highest BCUT2D eigenvalue weighted by Gasteiger charge is 2.31. The predicted molar refractivity (Wildman–Crippen MR) is 99.4 cm³/mol. The number of allylic oxidation sites excluding steroid dienone is 4. The van der Waals surface area contributed by atoms with E-state index in [9.17, 15) is 4.79 Å². The van der Waals surface area contributed by atoms with Gasteiger partial charge >= 0.3 is 0 Å². The molecule has 0 saturated heterocycles. The van der Waals surface area contributed by atoms with Gasteiger partial charge in [0.1, 0.15) is 5.69 Å². The van der Waals surface area contributed by atoms with Crippen LogP contribution in [0.25, 0.3) is 22.4 Å². The van der Waals surface area contributed by atoms with E-state index in [1.54, 1.807) is 18.6 Å². The molecule has 1 unspecified atom stereocenters. The van der Waals surface area contributed by atoms with Crippen molar-refractivity contribution in [2.45, 2.75) is 19.3 Å². The molecule has 0 amide bonds. The normalized spacial score (nSPS) is 19.2. The quantitative estimate of drug-likeness (QED) is 0.758. The SMILES string of the molecule is O=C1CCC2CC(Nc3c(-c4ccccn4)oc4cnccc34)=CC=C12. The topological polar surface area (TPSA) is 68.0 Å². The summed E-state index contributed by atoms with van der Waals surface area (Å²) in [7, 11) is 0. The van der Waals surface area contributed by atoms with Gasteiger partial charge in [0.2, 0.25) is 0 Å². The molecule has 1 atom stereocenters. The number of pyridine rings is 2. The largest absolute Gasteiger partial charge is 0.451 e. The van der Waals surface area contributed by atoms with Crippen LogP contribution in [0.15, 0.2) is 70.7 Å². The first-order valence-corrected chi connectivity index (χ1v) is 8.78. The summed E-state index contributed by atoms with van der Waals surface area (Å²) in [5.74, 6) is 1.32. The number of anilines is 1. The molecule has 3 aromatic rings. The van der Waals surface area contributed by atoms with Gasteiger partial charge in [0.05, 0.1) is 11.9 Å². The average Bonchev–Trinajstić information content (AvgIpc) is 3.24. The minimum atomic E-state index is 0.291. The number of carbonyl (C=O) groups is 1. The number of rotatable bonds is 3. The fourth-order valence-corrected chi connectivity index (χ4v) is 3.80. The molecule has 3 heterocycles. The molecule has 128 valence electrons. The Morgan fingerprint density at radius 3 is 3.00 bits per heavy atom. The number of nitrogens with zero attached hydrogens (tertiary/aromatic N) is 2. The monoisotopic (exact) mass is 343 g/mol. The van der Waals surface area contributed by atoms with Gasteiger partial charge < -0.3 is 9.73 Å². The van der Waals surface area contributed by atoms with Crippen molar-refractivity contribution in [3.63, 3.8) is 0 Å². The zero-order chi connectivity index (χ0) is 17.5. The summed E-state index contributed by atoms with van der Waals surface area (Å²) in [5.41, 5.74) is 4.45. The minimum Gasteiger partial charge on any atom is -0.451 e. The summed E-state index contributed by atoms with van der Waals surface area (Å²) in [6, 6.07) is 7.70. The lowest BCUT2D eigenvalue weighted by atomic mass is 9.92. The van der Waals surface area contributed by atoms with Gasteiger partial charge in [-0.1, -0.05) is 12.1 Å². The molecular weight excluding hydrogens is 326 g/mol. The van der Waals surface area contributed by atoms with Crippen LogP contribution >= 0.6 is 0 Å². The van der Waals surface area contributed by atoms with E-state index in [0.717, 1.165) is 46.5 Å². The van der Waals surface area contributed by atoms with Crippen LogP contribution in [-0.4, -0.2) is 15.8 Å². The van der Waals surface area contributed by atoms with Crippen molar-refractivity contribution in [1.82, 2.24) is 9.97 Å². The number of hydrogen-bond acceptors (Lipinski definition) is 5. The van der Waals surface area contributed by atoms with Crippen molar-refractivity contribution < 1.29 is 9.21 Å². The molecule has 0 spiro atoms. The molecule has 26 heavy (non-hydrogen) atoms. The summed E-state index contributed by atoms with van der Waals surface area (Å²) in [6.45, 7) is 0. The van der Waals surface area contributed by atoms with Crippen molar-refractivity contribution in [2.75, 3.05) is 5.32 Å². The Balaban J connectivity index is 1.58. The number of hydrogen-bond donors (Lipinski definition) is 1. The molecule has 2 aliphatic carbocycles. The van der Waals surface area contributed by atoms with Crippen LogP contribution in [0.3, 0.4) is 0 Å². The highest BCUT2D eigenvalue weighted by atomic mass is 16.3. The molecular formula is C21H17N3O2. The summed E-state index contributed by atoms with van der Waals surface area (Å²) < 4.78 is 6.05. The summed E-state index contributed by atoms with van der Waals surface area (Å²) in [5, 5.41) is 4.51. The maximum atomic E-state index is 11.9. The van der Waals surface area contributed by atoms with Crippen LogP contribution in [0.1, 0.15) is 19.3 Å². The first-order valence-electron chi connectivity index (χ1n) is 8.78. The van der Waals surface area contributed by atoms with E-state index in [-0.39, 0.29) is 0 Å². The van der Waals surface area contributed by atoms with Crippen molar-refractivity contribution in [1.29, 1.82) is 0 Å². The second-order valence-electron chi connectivity index (χ2n) is 6.69. The van der Waals surface area contributed by atoms with Crippen LogP contribution in [0.5, 0.6) is 0 Å². The average molecular weight is 343 g/mol. The standard InChI is InChI=1S/C21H17N3O2/c25-18-7-4-13-11-14(5-6-15(13)18)24-20-16-8-10-22-12-19(16)26-21(20)17-3-1-2-9-23-17/h1-3,5-6,8-10,12-13,24H,4,7,11H2. The molecule has 3 aromatic heterocycles. The van der Waals surface area contributed by atoms with Gasteiger partial charge in [-0.15, -0.1) is 0 Å². The van der Waals surface area contributed by atoms with Crippen molar-refractivity contribution in [3.8, 4) is 11.5 Å². The Hall–Kier alpha value is -3.21. The summed E-state index contributed by atoms with van der Waals surface area (Å²) in [4.78, 5) is 20.5. The smallest absolute Gasteiger partial charge is 0.177 e. The van der Waals surface area contributed by atoms with Gasteiger partial charge in [-0.3, -0.25) is 14.8 Å². The Labute approximate surface area is 150 Å². The van der Waals surface area contributed by atoms with E-state index in [0.29, 0.717) is 23.9 Å². The number of ketones is 1. The van der Waals surface area contributed by atoms with Crippen LogP contribution in [0, 0.1) is 5.92 Å². The van der Waals surface area contributed by atoms with E-state index in [4.69, 9.17) is 4.42 Å². The number of Topliss-reactive ketones (excluding diaryl/α,β-unsaturated/α-hetero) is 1. The molecule has 1 N–H and O–H groups in total. The molecule has 0 aliphatic heterocycles. The van der Waals surface area contributed by atoms with Gasteiger partial charge in [-0.2, -0.15) is 0 Å². The molecule has 5 rings (SSSR count). The van der Waals surface area contributed by atoms with Crippen molar-refractivity contribution >= 4 is 22.4 Å². The lowest BCUT2D eigenvalue weighted by Gasteiger charge is -2.19. The number of carbonyl (C=O) groups excluding carboxylic acids is 1. The van der Waals surface area contributed by atoms with Crippen molar-refractivity contribution in [2.24, 2.45) is 5.92 Å². The van der Waals surface area contributed by atoms with E-state index in [2.05, 4.69) is 15.3 Å². The van der Waals surface area contributed by atoms with Gasteiger partial charge in [0.15, 0.2) is 17.1 Å². The van der Waals surface area contributed by atoms with Crippen molar-refractivity contribution in [3.05, 3.63) is 66.3 Å². The highest BCUT2D eigenvalue weighted by Crippen LogP contribution is 2.40. The first-order chi connectivity index (χ1) is 12.8. The lowest BCUT2D eigenvalue weighted by Crippen LogP contribution is -2.11. The fraction of sp³-hybridized carbons (Fsp3) is 0.190. The molecule has 1 saturated carbocycles. The Morgan fingerprint density at radius 1 is 1.15 bits per heavy atom. The number of fused-ring (bicyclic) bond motifs is 2. The molecule has 0 bridgehead atoms. The second kappa shape index (κ2) is 5.95. The van der Waals surface area contributed by atoms with E-state index >= 15 is 0 Å². The number of aromatic nitrogens is 2. The van der Waals surface area contributed by atoms with Gasteiger partial charge in [-0.05, 0) is 48.6 Å². The highest BCUT2D eigenvalue weighted by molar-refractivity contribution is 6.00. The predicted octanol–water partition coefficient (Wildman–Crippen LogP) is 4.49. The van der Waals surface area contributed by atoms with E-state index < -0.39 is 0 Å². The second-order valence-corrected chi connectivity index (χ2v) is 6.69. The third-order valence-electron chi connectivity index (χ3n) is 5.09. The third kappa shape index (κ3) is 2.44. The summed E-state index contributed by atoms with van der Waals surface area (Å²) in [6.07, 6.45) is 11.7. The minimum absolute atomic E-state index is 0.291. The lowest BCUT2D eigenvalue weighted by molar-refractivity contribution is -0.114. The summed E-state index contributed by atoms with van der Waals surface area (Å²) >= 11 is 0. The zero-order valence-electron chi connectivity index (χ0n) is 14.1. The number of furan rings is 1. The molecule has 5 heteroatoms. The first kappa shape index (κ1) is 15.1. The molecule has 0 radical (unpaired) electrons. The van der Waals surface area contributed by atoms with Gasteiger partial charge in [0, 0.05) is 29.9 Å².